The minimum absolute atomic E-state index is 0.237. The molecule has 0 spiro atoms. The van der Waals surface area contributed by atoms with Crippen LogP contribution in [0.4, 0.5) is 0 Å². The SMILES string of the molecule is CCCCC/C=C/CC/C=C/C(O)C(COC1OC(CO)C(O)C(OS(=O)(=O)O)C1O)NC(=O)C(O)CCCCCCCCCCC. The highest BCUT2D eigenvalue weighted by Crippen LogP contribution is 2.26. The maximum atomic E-state index is 12.9. The summed E-state index contributed by atoms with van der Waals surface area (Å²) in [5, 5.41) is 54.5. The van der Waals surface area contributed by atoms with Crippen molar-refractivity contribution in [1.82, 2.24) is 5.32 Å². The van der Waals surface area contributed by atoms with E-state index in [9.17, 15) is 38.7 Å². The lowest BCUT2D eigenvalue weighted by Gasteiger charge is -2.41. The first-order chi connectivity index (χ1) is 22.4. The summed E-state index contributed by atoms with van der Waals surface area (Å²) < 4.78 is 47.0. The fraction of sp³-hybridized carbons (Fsp3) is 0.848. The van der Waals surface area contributed by atoms with Crippen LogP contribution in [0, 0.1) is 0 Å². The van der Waals surface area contributed by atoms with Crippen LogP contribution in [0.5, 0.6) is 0 Å². The van der Waals surface area contributed by atoms with Crippen LogP contribution in [0.15, 0.2) is 24.3 Å². The predicted octanol–water partition coefficient (Wildman–Crippen LogP) is 3.23. The molecule has 0 aromatic heterocycles. The van der Waals surface area contributed by atoms with E-state index in [0.717, 1.165) is 44.9 Å². The van der Waals surface area contributed by atoms with Crippen molar-refractivity contribution >= 4 is 16.3 Å². The second-order valence-electron chi connectivity index (χ2n) is 12.2. The first kappa shape index (κ1) is 43.6. The van der Waals surface area contributed by atoms with Crippen molar-refractivity contribution in [2.75, 3.05) is 13.2 Å². The van der Waals surface area contributed by atoms with Crippen LogP contribution in [-0.2, 0) is 28.9 Å². The molecule has 0 bridgehead atoms. The molecule has 0 saturated carbocycles. The fourth-order valence-electron chi connectivity index (χ4n) is 5.24. The van der Waals surface area contributed by atoms with Gasteiger partial charge in [0, 0.05) is 0 Å². The number of hydrogen-bond donors (Lipinski definition) is 7. The van der Waals surface area contributed by atoms with Gasteiger partial charge in [-0.05, 0) is 32.1 Å². The van der Waals surface area contributed by atoms with Gasteiger partial charge < -0.3 is 40.3 Å². The van der Waals surface area contributed by atoms with Crippen LogP contribution in [0.1, 0.15) is 117 Å². The number of nitrogens with one attached hydrogen (secondary N) is 1. The minimum Gasteiger partial charge on any atom is -0.394 e. The Labute approximate surface area is 281 Å². The molecule has 0 radical (unpaired) electrons. The topological polar surface area (TPSA) is 212 Å². The second kappa shape index (κ2) is 25.5. The van der Waals surface area contributed by atoms with Gasteiger partial charge in [0.1, 0.15) is 30.5 Å². The van der Waals surface area contributed by atoms with Gasteiger partial charge in [-0.1, -0.05) is 109 Å². The van der Waals surface area contributed by atoms with E-state index in [-0.39, 0.29) is 6.42 Å². The first-order valence-electron chi connectivity index (χ1n) is 17.3. The van der Waals surface area contributed by atoms with Crippen LogP contribution >= 0.6 is 0 Å². The molecule has 1 aliphatic rings. The van der Waals surface area contributed by atoms with E-state index in [4.69, 9.17) is 14.0 Å². The van der Waals surface area contributed by atoms with Gasteiger partial charge in [0.05, 0.1) is 25.4 Å². The molecule has 14 heteroatoms. The van der Waals surface area contributed by atoms with Gasteiger partial charge in [-0.25, -0.2) is 4.18 Å². The third-order valence-electron chi connectivity index (χ3n) is 8.09. The van der Waals surface area contributed by atoms with Crippen LogP contribution in [0.3, 0.4) is 0 Å². The lowest BCUT2D eigenvalue weighted by Crippen LogP contribution is -2.61. The van der Waals surface area contributed by atoms with Crippen LogP contribution in [-0.4, -0.2) is 107 Å². The summed E-state index contributed by atoms with van der Waals surface area (Å²) in [6, 6.07) is -1.13. The Morgan fingerprint density at radius 3 is 2.04 bits per heavy atom. The van der Waals surface area contributed by atoms with Crippen molar-refractivity contribution < 1.29 is 57.0 Å². The molecule has 47 heavy (non-hydrogen) atoms. The minimum atomic E-state index is -5.11. The molecule has 276 valence electrons. The summed E-state index contributed by atoms with van der Waals surface area (Å²) in [4.78, 5) is 12.9. The van der Waals surface area contributed by atoms with Crippen molar-refractivity contribution in [2.24, 2.45) is 0 Å². The average molecular weight is 696 g/mol. The molecule has 1 aliphatic heterocycles. The molecule has 0 aliphatic carbocycles. The quantitative estimate of drug-likeness (QED) is 0.0375. The molecule has 8 atom stereocenters. The largest absolute Gasteiger partial charge is 0.397 e. The summed E-state index contributed by atoms with van der Waals surface area (Å²) in [7, 11) is -5.11. The molecule has 0 aromatic rings. The highest BCUT2D eigenvalue weighted by Gasteiger charge is 2.48. The molecule has 1 saturated heterocycles. The number of carbonyl (C=O) groups is 1. The number of amides is 1. The van der Waals surface area contributed by atoms with E-state index in [1.807, 2.05) is 0 Å². The molecule has 8 unspecified atom stereocenters. The van der Waals surface area contributed by atoms with E-state index in [2.05, 4.69) is 35.5 Å². The zero-order valence-electron chi connectivity index (χ0n) is 28.2. The molecule has 1 heterocycles. The summed E-state index contributed by atoms with van der Waals surface area (Å²) in [6.45, 7) is 3.05. The first-order valence-corrected chi connectivity index (χ1v) is 18.7. The fourth-order valence-corrected chi connectivity index (χ4v) is 5.75. The van der Waals surface area contributed by atoms with Crippen molar-refractivity contribution in [3.8, 4) is 0 Å². The molecule has 1 rings (SSSR count). The lowest BCUT2D eigenvalue weighted by atomic mass is 9.99. The Hall–Kier alpha value is -1.46. The van der Waals surface area contributed by atoms with E-state index in [1.165, 1.54) is 44.6 Å². The summed E-state index contributed by atoms with van der Waals surface area (Å²) >= 11 is 0. The van der Waals surface area contributed by atoms with E-state index >= 15 is 0 Å². The molecular formula is C33H61NO12S. The van der Waals surface area contributed by atoms with Crippen LogP contribution in [0.2, 0.25) is 0 Å². The van der Waals surface area contributed by atoms with Crippen LogP contribution in [0.25, 0.3) is 0 Å². The maximum absolute atomic E-state index is 12.9. The second-order valence-corrected chi connectivity index (χ2v) is 13.3. The zero-order valence-corrected chi connectivity index (χ0v) is 29.0. The van der Waals surface area contributed by atoms with Crippen molar-refractivity contribution in [2.45, 2.75) is 166 Å². The Kier molecular flexibility index (Phi) is 23.6. The standard InChI is InChI=1S/C33H61NO12S/c1-3-5-7-9-11-13-15-17-19-21-26(36)25(34-32(40)27(37)22-20-18-16-14-12-10-8-6-4-2)24-44-33-30(39)31(46-47(41,42)43)29(38)28(23-35)45-33/h11,13,19,21,25-31,33,35-39H,3-10,12,14-18,20,22-24H2,1-2H3,(H,34,40)(H,41,42,43)/b13-11+,21-19+. The third kappa shape index (κ3) is 19.4. The molecule has 1 amide bonds. The number of hydrogen-bond acceptors (Lipinski definition) is 11. The van der Waals surface area contributed by atoms with Crippen LogP contribution < -0.4 is 5.32 Å². The summed E-state index contributed by atoms with van der Waals surface area (Å²) in [5.41, 5.74) is 0. The van der Waals surface area contributed by atoms with Crippen molar-refractivity contribution in [3.05, 3.63) is 24.3 Å². The Bertz CT molecular complexity index is 979. The Morgan fingerprint density at radius 2 is 1.43 bits per heavy atom. The monoisotopic (exact) mass is 695 g/mol. The van der Waals surface area contributed by atoms with Crippen molar-refractivity contribution in [3.63, 3.8) is 0 Å². The van der Waals surface area contributed by atoms with E-state index in [1.54, 1.807) is 6.08 Å². The number of aliphatic hydroxyl groups excluding tert-OH is 5. The zero-order chi connectivity index (χ0) is 35.1. The van der Waals surface area contributed by atoms with Gasteiger partial charge in [0.25, 0.3) is 0 Å². The highest BCUT2D eigenvalue weighted by molar-refractivity contribution is 7.80. The summed E-state index contributed by atoms with van der Waals surface area (Å²) in [5.74, 6) is -0.720. The number of rotatable bonds is 27. The third-order valence-corrected chi connectivity index (χ3v) is 8.56. The van der Waals surface area contributed by atoms with Gasteiger partial charge in [-0.15, -0.1) is 0 Å². The Morgan fingerprint density at radius 1 is 0.851 bits per heavy atom. The molecule has 7 N–H and O–H groups in total. The average Bonchev–Trinajstić information content (AvgIpc) is 3.03. The molecule has 1 fully saturated rings. The van der Waals surface area contributed by atoms with E-state index in [0.29, 0.717) is 12.8 Å². The van der Waals surface area contributed by atoms with Crippen molar-refractivity contribution in [1.29, 1.82) is 0 Å². The summed E-state index contributed by atoms with van der Waals surface area (Å²) in [6.07, 6.45) is 11.8. The predicted molar refractivity (Wildman–Crippen MR) is 178 cm³/mol. The number of unbranched alkanes of at least 4 members (excludes halogenated alkanes) is 12. The maximum Gasteiger partial charge on any atom is 0.397 e. The van der Waals surface area contributed by atoms with Gasteiger partial charge >= 0.3 is 10.4 Å². The normalized spacial score (nSPS) is 24.1. The molecule has 0 aromatic carbocycles. The van der Waals surface area contributed by atoms with Gasteiger partial charge in [-0.3, -0.25) is 9.35 Å². The highest BCUT2D eigenvalue weighted by atomic mass is 32.3. The van der Waals surface area contributed by atoms with E-state index < -0.39 is 78.5 Å². The molecule has 13 nitrogen and oxygen atoms in total. The lowest BCUT2D eigenvalue weighted by molar-refractivity contribution is -0.298. The number of aliphatic hydroxyl groups is 5. The Balaban J connectivity index is 2.81. The van der Waals surface area contributed by atoms with Gasteiger partial charge in [0.2, 0.25) is 5.91 Å². The molecular weight excluding hydrogens is 634 g/mol. The number of allylic oxidation sites excluding steroid dienone is 3. The smallest absolute Gasteiger partial charge is 0.394 e. The van der Waals surface area contributed by atoms with Gasteiger partial charge in [0.15, 0.2) is 6.29 Å². The van der Waals surface area contributed by atoms with Gasteiger partial charge in [-0.2, -0.15) is 8.42 Å². The number of ether oxygens (including phenoxy) is 2. The number of carbonyl (C=O) groups excluding carboxylic acids is 1.